The van der Waals surface area contributed by atoms with Gasteiger partial charge in [0.15, 0.2) is 6.10 Å². The number of carboxylic acids is 1. The summed E-state index contributed by atoms with van der Waals surface area (Å²) in [5.41, 5.74) is 3.32. The zero-order valence-electron chi connectivity index (χ0n) is 10.7. The molecule has 3 nitrogen and oxygen atoms in total. The molecule has 0 radical (unpaired) electrons. The number of rotatable bonds is 6. The highest BCUT2D eigenvalue weighted by Gasteiger charge is 2.20. The lowest BCUT2D eigenvalue weighted by molar-refractivity contribution is -0.150. The van der Waals surface area contributed by atoms with Crippen LogP contribution < -0.4 is 0 Å². The molecule has 0 aliphatic heterocycles. The van der Waals surface area contributed by atoms with Crippen molar-refractivity contribution in [1.82, 2.24) is 0 Å². The Kier molecular flexibility index (Phi) is 5.16. The molecule has 0 amide bonds. The van der Waals surface area contributed by atoms with Gasteiger partial charge in [-0.1, -0.05) is 25.1 Å². The molecule has 0 aliphatic rings. The molecule has 0 aliphatic carbocycles. The van der Waals surface area contributed by atoms with E-state index < -0.39 is 12.1 Å². The monoisotopic (exact) mass is 236 g/mol. The molecule has 0 fully saturated rings. The Hall–Kier alpha value is -1.35. The third kappa shape index (κ3) is 3.86. The summed E-state index contributed by atoms with van der Waals surface area (Å²) in [6, 6.07) is 5.99. The first kappa shape index (κ1) is 13.7. The van der Waals surface area contributed by atoms with Crippen LogP contribution in [0.2, 0.25) is 0 Å². The van der Waals surface area contributed by atoms with Crippen molar-refractivity contribution < 1.29 is 14.6 Å². The second-order valence-corrected chi connectivity index (χ2v) is 4.27. The molecule has 1 aromatic carbocycles. The van der Waals surface area contributed by atoms with Gasteiger partial charge in [0.25, 0.3) is 0 Å². The number of aliphatic carboxylic acids is 1. The van der Waals surface area contributed by atoms with Gasteiger partial charge in [0.1, 0.15) is 0 Å². The largest absolute Gasteiger partial charge is 0.479 e. The summed E-state index contributed by atoms with van der Waals surface area (Å²) >= 11 is 0. The van der Waals surface area contributed by atoms with Crippen molar-refractivity contribution in [3.63, 3.8) is 0 Å². The molecule has 3 heteroatoms. The van der Waals surface area contributed by atoms with Crippen LogP contribution in [0.5, 0.6) is 0 Å². The van der Waals surface area contributed by atoms with E-state index in [4.69, 9.17) is 9.84 Å². The molecule has 17 heavy (non-hydrogen) atoms. The van der Waals surface area contributed by atoms with Crippen LogP contribution >= 0.6 is 0 Å². The molecule has 0 spiro atoms. The highest BCUT2D eigenvalue weighted by atomic mass is 16.5. The van der Waals surface area contributed by atoms with Crippen LogP contribution in [-0.2, 0) is 16.0 Å². The van der Waals surface area contributed by atoms with Crippen molar-refractivity contribution >= 4 is 5.97 Å². The molecular weight excluding hydrogens is 216 g/mol. The smallest absolute Gasteiger partial charge is 0.333 e. The summed E-state index contributed by atoms with van der Waals surface area (Å²) in [4.78, 5) is 11.1. The molecule has 1 aromatic rings. The SMILES string of the molecule is CCCOC(Cc1c(C)cccc1C)C(=O)O. The van der Waals surface area contributed by atoms with Gasteiger partial charge in [-0.3, -0.25) is 0 Å². The molecule has 1 atom stereocenters. The average molecular weight is 236 g/mol. The first-order chi connectivity index (χ1) is 8.06. The maximum Gasteiger partial charge on any atom is 0.333 e. The van der Waals surface area contributed by atoms with E-state index in [9.17, 15) is 4.79 Å². The quantitative estimate of drug-likeness (QED) is 0.826. The third-order valence-electron chi connectivity index (χ3n) is 2.83. The fourth-order valence-electron chi connectivity index (χ4n) is 1.83. The molecule has 0 heterocycles. The molecule has 0 bridgehead atoms. The molecule has 1 rings (SSSR count). The predicted molar refractivity (Wildman–Crippen MR) is 67.3 cm³/mol. The topological polar surface area (TPSA) is 46.5 Å². The number of ether oxygens (including phenoxy) is 1. The van der Waals surface area contributed by atoms with E-state index in [0.29, 0.717) is 13.0 Å². The fourth-order valence-corrected chi connectivity index (χ4v) is 1.83. The average Bonchev–Trinajstić information content (AvgIpc) is 2.27. The van der Waals surface area contributed by atoms with E-state index in [2.05, 4.69) is 0 Å². The standard InChI is InChI=1S/C14H20O3/c1-4-8-17-13(14(15)16)9-12-10(2)6-5-7-11(12)3/h5-7,13H,4,8-9H2,1-3H3,(H,15,16). The van der Waals surface area contributed by atoms with Crippen molar-refractivity contribution in [3.8, 4) is 0 Å². The van der Waals surface area contributed by atoms with Crippen molar-refractivity contribution in [3.05, 3.63) is 34.9 Å². The Morgan fingerprint density at radius 1 is 1.35 bits per heavy atom. The lowest BCUT2D eigenvalue weighted by atomic mass is 9.97. The van der Waals surface area contributed by atoms with E-state index in [1.54, 1.807) is 0 Å². The van der Waals surface area contributed by atoms with Crippen LogP contribution in [0.25, 0.3) is 0 Å². The molecule has 0 saturated carbocycles. The Bertz CT molecular complexity index is 365. The highest BCUT2D eigenvalue weighted by Crippen LogP contribution is 2.16. The van der Waals surface area contributed by atoms with Gasteiger partial charge in [0, 0.05) is 13.0 Å². The van der Waals surface area contributed by atoms with Gasteiger partial charge < -0.3 is 9.84 Å². The molecule has 0 saturated heterocycles. The van der Waals surface area contributed by atoms with E-state index in [-0.39, 0.29) is 0 Å². The number of carboxylic acid groups (broad SMARTS) is 1. The summed E-state index contributed by atoms with van der Waals surface area (Å²) in [6.07, 6.45) is 0.527. The molecular formula is C14H20O3. The predicted octanol–water partition coefficient (Wildman–Crippen LogP) is 2.73. The number of aryl methyl sites for hydroxylation is 2. The number of hydrogen-bond donors (Lipinski definition) is 1. The second kappa shape index (κ2) is 6.40. The third-order valence-corrected chi connectivity index (χ3v) is 2.83. The van der Waals surface area contributed by atoms with Crippen molar-refractivity contribution in [2.45, 2.75) is 39.7 Å². The van der Waals surface area contributed by atoms with Crippen LogP contribution in [-0.4, -0.2) is 23.8 Å². The van der Waals surface area contributed by atoms with Crippen LogP contribution in [0.4, 0.5) is 0 Å². The maximum atomic E-state index is 11.1. The molecule has 0 aromatic heterocycles. The first-order valence-electron chi connectivity index (χ1n) is 5.95. The van der Waals surface area contributed by atoms with E-state index in [1.807, 2.05) is 39.0 Å². The van der Waals surface area contributed by atoms with Crippen LogP contribution in [0, 0.1) is 13.8 Å². The number of benzene rings is 1. The minimum Gasteiger partial charge on any atom is -0.479 e. The normalized spacial score (nSPS) is 12.4. The van der Waals surface area contributed by atoms with Crippen molar-refractivity contribution in [1.29, 1.82) is 0 Å². The van der Waals surface area contributed by atoms with Gasteiger partial charge in [-0.15, -0.1) is 0 Å². The molecule has 1 unspecified atom stereocenters. The lowest BCUT2D eigenvalue weighted by Crippen LogP contribution is -2.27. The van der Waals surface area contributed by atoms with Crippen LogP contribution in [0.3, 0.4) is 0 Å². The summed E-state index contributed by atoms with van der Waals surface area (Å²) in [6.45, 7) is 6.46. The maximum absolute atomic E-state index is 11.1. The van der Waals surface area contributed by atoms with Gasteiger partial charge in [0.05, 0.1) is 0 Å². The second-order valence-electron chi connectivity index (χ2n) is 4.27. The first-order valence-corrected chi connectivity index (χ1v) is 5.95. The van der Waals surface area contributed by atoms with Gasteiger partial charge in [-0.05, 0) is 37.0 Å². The Morgan fingerprint density at radius 2 is 1.94 bits per heavy atom. The number of carbonyl (C=O) groups is 1. The summed E-state index contributed by atoms with van der Waals surface area (Å²) in [7, 11) is 0. The van der Waals surface area contributed by atoms with Crippen LogP contribution in [0.1, 0.15) is 30.0 Å². The fraction of sp³-hybridized carbons (Fsp3) is 0.500. The van der Waals surface area contributed by atoms with Gasteiger partial charge in [-0.2, -0.15) is 0 Å². The zero-order valence-corrected chi connectivity index (χ0v) is 10.7. The lowest BCUT2D eigenvalue weighted by Gasteiger charge is -2.16. The Morgan fingerprint density at radius 3 is 2.41 bits per heavy atom. The number of hydrogen-bond acceptors (Lipinski definition) is 2. The zero-order chi connectivity index (χ0) is 12.8. The minimum absolute atomic E-state index is 0.438. The molecule has 1 N–H and O–H groups in total. The Labute approximate surface area is 102 Å². The van der Waals surface area contributed by atoms with Crippen molar-refractivity contribution in [2.75, 3.05) is 6.61 Å². The summed E-state index contributed by atoms with van der Waals surface area (Å²) in [5, 5.41) is 9.12. The highest BCUT2D eigenvalue weighted by molar-refractivity contribution is 5.73. The van der Waals surface area contributed by atoms with Crippen molar-refractivity contribution in [2.24, 2.45) is 0 Å². The molecule has 94 valence electrons. The van der Waals surface area contributed by atoms with Gasteiger partial charge in [0.2, 0.25) is 0 Å². The van der Waals surface area contributed by atoms with Gasteiger partial charge >= 0.3 is 5.97 Å². The van der Waals surface area contributed by atoms with E-state index in [1.165, 1.54) is 0 Å². The van der Waals surface area contributed by atoms with Gasteiger partial charge in [-0.25, -0.2) is 4.79 Å². The van der Waals surface area contributed by atoms with E-state index >= 15 is 0 Å². The summed E-state index contributed by atoms with van der Waals surface area (Å²) < 4.78 is 5.37. The van der Waals surface area contributed by atoms with E-state index in [0.717, 1.165) is 23.1 Å². The van der Waals surface area contributed by atoms with Crippen LogP contribution in [0.15, 0.2) is 18.2 Å². The summed E-state index contributed by atoms with van der Waals surface area (Å²) in [5.74, 6) is -0.888. The Balaban J connectivity index is 2.82. The minimum atomic E-state index is -0.888.